The highest BCUT2D eigenvalue weighted by atomic mass is 16.5. The zero-order valence-corrected chi connectivity index (χ0v) is 14.1. The Morgan fingerprint density at radius 2 is 1.92 bits per heavy atom. The molecule has 2 rings (SSSR count). The third kappa shape index (κ3) is 5.24. The van der Waals surface area contributed by atoms with Crippen LogP contribution in [0.5, 0.6) is 11.5 Å². The van der Waals surface area contributed by atoms with Crippen LogP contribution >= 0.6 is 0 Å². The maximum Gasteiger partial charge on any atom is 0.326 e. The van der Waals surface area contributed by atoms with Crippen molar-refractivity contribution in [1.82, 2.24) is 5.32 Å². The molecule has 0 heterocycles. The second-order valence-corrected chi connectivity index (χ2v) is 5.41. The van der Waals surface area contributed by atoms with Gasteiger partial charge in [-0.2, -0.15) is 5.26 Å². The quantitative estimate of drug-likeness (QED) is 0.748. The summed E-state index contributed by atoms with van der Waals surface area (Å²) in [6.07, 6.45) is 0.169. The van der Waals surface area contributed by atoms with Crippen LogP contribution in [-0.2, 0) is 16.0 Å². The number of benzene rings is 2. The lowest BCUT2D eigenvalue weighted by Crippen LogP contribution is -2.44. The number of nitrogens with zero attached hydrogens (tertiary/aromatic N) is 1. The van der Waals surface area contributed by atoms with Gasteiger partial charge in [0.1, 0.15) is 6.04 Å². The number of methoxy groups -OCH3 is 1. The molecule has 0 spiro atoms. The van der Waals surface area contributed by atoms with Gasteiger partial charge in [-0.15, -0.1) is 0 Å². The molecular formula is C19H18N2O5. The molecule has 0 aliphatic heterocycles. The average molecular weight is 354 g/mol. The number of nitriles is 1. The minimum Gasteiger partial charge on any atom is -0.493 e. The molecule has 0 fully saturated rings. The number of nitrogens with one attached hydrogen (secondary N) is 1. The van der Waals surface area contributed by atoms with Crippen molar-refractivity contribution in [3.63, 3.8) is 0 Å². The summed E-state index contributed by atoms with van der Waals surface area (Å²) in [6.45, 7) is -0.374. The Balaban J connectivity index is 1.96. The fraction of sp³-hybridized carbons (Fsp3) is 0.211. The van der Waals surface area contributed by atoms with Gasteiger partial charge in [0.25, 0.3) is 5.91 Å². The number of amides is 1. The average Bonchev–Trinajstić information content (AvgIpc) is 2.66. The second kappa shape index (κ2) is 9.08. The van der Waals surface area contributed by atoms with Crippen molar-refractivity contribution in [2.75, 3.05) is 13.7 Å². The van der Waals surface area contributed by atoms with E-state index in [0.717, 1.165) is 5.56 Å². The molecule has 134 valence electrons. The van der Waals surface area contributed by atoms with Gasteiger partial charge in [0.2, 0.25) is 0 Å². The van der Waals surface area contributed by atoms with E-state index in [0.29, 0.717) is 11.3 Å². The summed E-state index contributed by atoms with van der Waals surface area (Å²) >= 11 is 0. The highest BCUT2D eigenvalue weighted by molar-refractivity contribution is 5.84. The zero-order valence-electron chi connectivity index (χ0n) is 14.1. The monoisotopic (exact) mass is 354 g/mol. The van der Waals surface area contributed by atoms with Crippen molar-refractivity contribution >= 4 is 11.9 Å². The first-order valence-electron chi connectivity index (χ1n) is 7.80. The van der Waals surface area contributed by atoms with Crippen LogP contribution in [0.2, 0.25) is 0 Å². The van der Waals surface area contributed by atoms with E-state index in [1.54, 1.807) is 24.3 Å². The van der Waals surface area contributed by atoms with E-state index in [-0.39, 0.29) is 18.8 Å². The molecule has 0 radical (unpaired) electrons. The number of carbonyl (C=O) groups excluding carboxylic acids is 1. The van der Waals surface area contributed by atoms with E-state index in [9.17, 15) is 14.7 Å². The number of aliphatic carboxylic acids is 1. The molecule has 0 aromatic heterocycles. The van der Waals surface area contributed by atoms with E-state index in [1.165, 1.54) is 25.3 Å². The number of ether oxygens (including phenoxy) is 2. The maximum atomic E-state index is 12.1. The van der Waals surface area contributed by atoms with Gasteiger partial charge in [0, 0.05) is 12.5 Å². The molecule has 2 N–H and O–H groups in total. The van der Waals surface area contributed by atoms with Crippen molar-refractivity contribution in [2.24, 2.45) is 0 Å². The largest absolute Gasteiger partial charge is 0.493 e. The summed E-state index contributed by atoms with van der Waals surface area (Å²) in [5.74, 6) is -1.09. The van der Waals surface area contributed by atoms with Crippen LogP contribution in [0.1, 0.15) is 11.1 Å². The van der Waals surface area contributed by atoms with Gasteiger partial charge < -0.3 is 19.9 Å². The lowest BCUT2D eigenvalue weighted by molar-refractivity contribution is -0.142. The molecule has 0 aliphatic carbocycles. The minimum atomic E-state index is -1.13. The Labute approximate surface area is 150 Å². The van der Waals surface area contributed by atoms with E-state index in [1.807, 2.05) is 12.1 Å². The number of carboxylic acids is 1. The van der Waals surface area contributed by atoms with E-state index >= 15 is 0 Å². The first-order valence-corrected chi connectivity index (χ1v) is 7.80. The molecule has 2 aromatic rings. The summed E-state index contributed by atoms with van der Waals surface area (Å²) in [7, 11) is 1.42. The summed E-state index contributed by atoms with van der Waals surface area (Å²) in [6, 6.07) is 14.5. The lowest BCUT2D eigenvalue weighted by Gasteiger charge is -2.15. The molecule has 1 atom stereocenters. The Morgan fingerprint density at radius 1 is 1.19 bits per heavy atom. The summed E-state index contributed by atoms with van der Waals surface area (Å²) < 4.78 is 10.5. The van der Waals surface area contributed by atoms with Crippen LogP contribution in [-0.4, -0.2) is 36.7 Å². The summed E-state index contributed by atoms with van der Waals surface area (Å²) in [5, 5.41) is 20.6. The van der Waals surface area contributed by atoms with Crippen LogP contribution in [0.4, 0.5) is 0 Å². The Bertz CT molecular complexity index is 814. The standard InChI is InChI=1S/C19H18N2O5/c1-25-17-10-14(11-20)7-8-16(17)26-12-18(22)21-15(19(23)24)9-13-5-3-2-4-6-13/h2-8,10,15H,9,12H2,1H3,(H,21,22)(H,23,24)/t15-/m1/s1. The number of rotatable bonds is 8. The first kappa shape index (κ1) is 18.8. The predicted octanol–water partition coefficient (Wildman–Crippen LogP) is 1.76. The fourth-order valence-corrected chi connectivity index (χ4v) is 2.29. The molecule has 0 unspecified atom stereocenters. The Hall–Kier alpha value is -3.53. The molecule has 2 aromatic carbocycles. The SMILES string of the molecule is COc1cc(C#N)ccc1OCC(=O)N[C@H](Cc1ccccc1)C(=O)O. The number of hydrogen-bond acceptors (Lipinski definition) is 5. The van der Waals surface area contributed by atoms with Gasteiger partial charge in [0.05, 0.1) is 18.7 Å². The van der Waals surface area contributed by atoms with E-state index < -0.39 is 17.9 Å². The molecule has 0 saturated heterocycles. The Morgan fingerprint density at radius 3 is 2.54 bits per heavy atom. The van der Waals surface area contributed by atoms with E-state index in [2.05, 4.69) is 5.32 Å². The highest BCUT2D eigenvalue weighted by Gasteiger charge is 2.21. The third-order valence-electron chi connectivity index (χ3n) is 3.57. The zero-order chi connectivity index (χ0) is 18.9. The fourth-order valence-electron chi connectivity index (χ4n) is 2.29. The van der Waals surface area contributed by atoms with Crippen LogP contribution in [0.3, 0.4) is 0 Å². The number of carboxylic acid groups (broad SMARTS) is 1. The number of hydrogen-bond donors (Lipinski definition) is 2. The first-order chi connectivity index (χ1) is 12.5. The maximum absolute atomic E-state index is 12.1. The molecule has 7 heteroatoms. The van der Waals surface area contributed by atoms with Crippen molar-refractivity contribution in [3.05, 3.63) is 59.7 Å². The normalized spacial score (nSPS) is 11.1. The van der Waals surface area contributed by atoms with Gasteiger partial charge in [-0.25, -0.2) is 4.79 Å². The van der Waals surface area contributed by atoms with Crippen LogP contribution < -0.4 is 14.8 Å². The second-order valence-electron chi connectivity index (χ2n) is 5.41. The highest BCUT2D eigenvalue weighted by Crippen LogP contribution is 2.27. The van der Waals surface area contributed by atoms with Crippen LogP contribution in [0.25, 0.3) is 0 Å². The molecule has 1 amide bonds. The molecular weight excluding hydrogens is 336 g/mol. The molecule has 0 saturated carbocycles. The van der Waals surface area contributed by atoms with Gasteiger partial charge in [-0.1, -0.05) is 30.3 Å². The van der Waals surface area contributed by atoms with E-state index in [4.69, 9.17) is 14.7 Å². The third-order valence-corrected chi connectivity index (χ3v) is 3.57. The van der Waals surface area contributed by atoms with Crippen molar-refractivity contribution < 1.29 is 24.2 Å². The summed E-state index contributed by atoms with van der Waals surface area (Å²) in [5.41, 5.74) is 1.20. The van der Waals surface area contributed by atoms with Crippen LogP contribution in [0.15, 0.2) is 48.5 Å². The Kier molecular flexibility index (Phi) is 6.57. The summed E-state index contributed by atoms with van der Waals surface area (Å²) in [4.78, 5) is 23.4. The van der Waals surface area contributed by atoms with Gasteiger partial charge >= 0.3 is 5.97 Å². The van der Waals surface area contributed by atoms with Crippen molar-refractivity contribution in [1.29, 1.82) is 5.26 Å². The predicted molar refractivity (Wildman–Crippen MR) is 92.9 cm³/mol. The molecule has 7 nitrogen and oxygen atoms in total. The van der Waals surface area contributed by atoms with Crippen molar-refractivity contribution in [2.45, 2.75) is 12.5 Å². The number of carbonyl (C=O) groups is 2. The molecule has 26 heavy (non-hydrogen) atoms. The minimum absolute atomic E-state index is 0.169. The molecule has 0 aliphatic rings. The topological polar surface area (TPSA) is 109 Å². The van der Waals surface area contributed by atoms with Crippen molar-refractivity contribution in [3.8, 4) is 17.6 Å². The lowest BCUT2D eigenvalue weighted by atomic mass is 10.1. The molecule has 0 bridgehead atoms. The van der Waals surface area contributed by atoms with Crippen LogP contribution in [0, 0.1) is 11.3 Å². The smallest absolute Gasteiger partial charge is 0.326 e. The van der Waals surface area contributed by atoms with Gasteiger partial charge in [-0.3, -0.25) is 4.79 Å². The van der Waals surface area contributed by atoms with Gasteiger partial charge in [0.15, 0.2) is 18.1 Å². The van der Waals surface area contributed by atoms with Gasteiger partial charge in [-0.05, 0) is 17.7 Å².